The maximum Gasteiger partial charge on any atom is 0.331 e. The summed E-state index contributed by atoms with van der Waals surface area (Å²) in [7, 11) is 0. The quantitative estimate of drug-likeness (QED) is 0.647. The van der Waals surface area contributed by atoms with E-state index in [1.165, 1.54) is 19.1 Å². The van der Waals surface area contributed by atoms with E-state index < -0.39 is 24.0 Å². The molecule has 1 atom stereocenters. The Kier molecular flexibility index (Phi) is 4.65. The zero-order valence-electron chi connectivity index (χ0n) is 11.5. The molecule has 1 fully saturated rings. The van der Waals surface area contributed by atoms with Gasteiger partial charge in [0, 0.05) is 25.4 Å². The number of esters is 1. The lowest BCUT2D eigenvalue weighted by Gasteiger charge is -2.17. The number of hydrogen-bond donors (Lipinski definition) is 1. The number of amides is 3. The average molecular weight is 289 g/mol. The van der Waals surface area contributed by atoms with Gasteiger partial charge in [-0.3, -0.25) is 14.7 Å². The molecule has 1 aromatic rings. The van der Waals surface area contributed by atoms with Gasteiger partial charge in [-0.1, -0.05) is 6.07 Å². The van der Waals surface area contributed by atoms with E-state index >= 15 is 0 Å². The average Bonchev–Trinajstić information content (AvgIpc) is 2.91. The molecule has 1 aromatic heterocycles. The topological polar surface area (TPSA) is 88.6 Å². The molecule has 0 aliphatic carbocycles. The number of ether oxygens (including phenoxy) is 1. The van der Waals surface area contributed by atoms with E-state index in [-0.39, 0.29) is 6.54 Å². The Morgan fingerprint density at radius 1 is 1.48 bits per heavy atom. The highest BCUT2D eigenvalue weighted by molar-refractivity contribution is 5.99. The van der Waals surface area contributed by atoms with Gasteiger partial charge in [-0.25, -0.2) is 9.59 Å². The van der Waals surface area contributed by atoms with Crippen molar-refractivity contribution in [3.63, 3.8) is 0 Å². The summed E-state index contributed by atoms with van der Waals surface area (Å²) in [4.78, 5) is 39.9. The van der Waals surface area contributed by atoms with Crippen LogP contribution in [0.15, 0.2) is 30.5 Å². The molecule has 7 heteroatoms. The molecule has 0 bridgehead atoms. The third-order valence-electron chi connectivity index (χ3n) is 2.84. The van der Waals surface area contributed by atoms with Crippen molar-refractivity contribution in [1.82, 2.24) is 15.2 Å². The van der Waals surface area contributed by atoms with Gasteiger partial charge < -0.3 is 10.1 Å². The minimum absolute atomic E-state index is 0.281. The number of hydrogen-bond acceptors (Lipinski definition) is 5. The molecule has 3 amide bonds. The van der Waals surface area contributed by atoms with Crippen molar-refractivity contribution in [2.75, 3.05) is 13.1 Å². The molecule has 0 spiro atoms. The summed E-state index contributed by atoms with van der Waals surface area (Å²) in [6, 6.07) is 4.81. The van der Waals surface area contributed by atoms with Crippen LogP contribution in [-0.4, -0.2) is 47.0 Å². The molecule has 2 heterocycles. The van der Waals surface area contributed by atoms with Gasteiger partial charge in [0.15, 0.2) is 6.10 Å². The molecule has 21 heavy (non-hydrogen) atoms. The van der Waals surface area contributed by atoms with E-state index in [0.29, 0.717) is 12.2 Å². The Labute approximate surface area is 121 Å². The Morgan fingerprint density at radius 3 is 2.90 bits per heavy atom. The smallest absolute Gasteiger partial charge is 0.331 e. The normalized spacial score (nSPS) is 15.9. The van der Waals surface area contributed by atoms with Crippen molar-refractivity contribution in [3.05, 3.63) is 36.2 Å². The number of urea groups is 1. The van der Waals surface area contributed by atoms with E-state index in [0.717, 1.165) is 4.90 Å². The Balaban J connectivity index is 1.88. The Hall–Kier alpha value is -2.70. The molecular formula is C14H15N3O4. The summed E-state index contributed by atoms with van der Waals surface area (Å²) in [5, 5.41) is 2.51. The third-order valence-corrected chi connectivity index (χ3v) is 2.84. The zero-order chi connectivity index (χ0) is 15.2. The fraction of sp³-hybridized carbons (Fsp3) is 0.286. The van der Waals surface area contributed by atoms with Crippen LogP contribution < -0.4 is 5.32 Å². The standard InChI is InChI=1S/C14H15N3O4/c1-10(13(19)17-9-8-16-14(17)20)21-12(18)6-5-11-4-2-3-7-15-11/h2-7,10H,8-9H2,1H3,(H,16,20). The number of aromatic nitrogens is 1. The maximum absolute atomic E-state index is 11.9. The van der Waals surface area contributed by atoms with Crippen molar-refractivity contribution >= 4 is 24.0 Å². The molecule has 1 unspecified atom stereocenters. The molecule has 2 rings (SSSR count). The lowest BCUT2D eigenvalue weighted by molar-refractivity contribution is -0.153. The number of carbonyl (C=O) groups excluding carboxylic acids is 3. The molecule has 0 radical (unpaired) electrons. The van der Waals surface area contributed by atoms with Crippen molar-refractivity contribution in [2.45, 2.75) is 13.0 Å². The van der Waals surface area contributed by atoms with Crippen LogP contribution in [0.25, 0.3) is 6.08 Å². The van der Waals surface area contributed by atoms with E-state index in [4.69, 9.17) is 4.74 Å². The number of nitrogens with zero attached hydrogens (tertiary/aromatic N) is 2. The van der Waals surface area contributed by atoms with Crippen LogP contribution in [0.5, 0.6) is 0 Å². The first-order valence-corrected chi connectivity index (χ1v) is 6.47. The Bertz CT molecular complexity index is 571. The minimum Gasteiger partial charge on any atom is -0.449 e. The molecular weight excluding hydrogens is 274 g/mol. The van der Waals surface area contributed by atoms with E-state index in [1.54, 1.807) is 24.4 Å². The summed E-state index contributed by atoms with van der Waals surface area (Å²) in [6.07, 6.45) is 3.26. The van der Waals surface area contributed by atoms with Crippen molar-refractivity contribution in [3.8, 4) is 0 Å². The predicted molar refractivity (Wildman–Crippen MR) is 73.9 cm³/mol. The summed E-state index contributed by atoms with van der Waals surface area (Å²) < 4.78 is 4.97. The Morgan fingerprint density at radius 2 is 2.29 bits per heavy atom. The number of imide groups is 1. The van der Waals surface area contributed by atoms with Crippen LogP contribution in [-0.2, 0) is 14.3 Å². The predicted octanol–water partition coefficient (Wildman–Crippen LogP) is 0.578. The van der Waals surface area contributed by atoms with E-state index in [2.05, 4.69) is 10.3 Å². The largest absolute Gasteiger partial charge is 0.449 e. The zero-order valence-corrected chi connectivity index (χ0v) is 11.5. The first-order chi connectivity index (χ1) is 10.1. The number of pyridine rings is 1. The second kappa shape index (κ2) is 6.65. The van der Waals surface area contributed by atoms with Gasteiger partial charge in [-0.15, -0.1) is 0 Å². The van der Waals surface area contributed by atoms with Gasteiger partial charge in [-0.05, 0) is 25.1 Å². The number of nitrogens with one attached hydrogen (secondary N) is 1. The summed E-state index contributed by atoms with van der Waals surface area (Å²) in [5.74, 6) is -1.20. The lowest BCUT2D eigenvalue weighted by atomic mass is 10.3. The van der Waals surface area contributed by atoms with Gasteiger partial charge in [0.05, 0.1) is 5.69 Å². The summed E-state index contributed by atoms with van der Waals surface area (Å²) in [5.41, 5.74) is 0.604. The second-order valence-corrected chi connectivity index (χ2v) is 4.39. The van der Waals surface area contributed by atoms with Crippen LogP contribution >= 0.6 is 0 Å². The fourth-order valence-electron chi connectivity index (χ4n) is 1.79. The van der Waals surface area contributed by atoms with Crippen molar-refractivity contribution in [2.24, 2.45) is 0 Å². The van der Waals surface area contributed by atoms with Crippen LogP contribution in [0.1, 0.15) is 12.6 Å². The molecule has 1 aliphatic heterocycles. The molecule has 1 N–H and O–H groups in total. The highest BCUT2D eigenvalue weighted by Gasteiger charge is 2.31. The van der Waals surface area contributed by atoms with Crippen LogP contribution in [0.2, 0.25) is 0 Å². The fourth-order valence-corrected chi connectivity index (χ4v) is 1.79. The van der Waals surface area contributed by atoms with Crippen LogP contribution in [0, 0.1) is 0 Å². The lowest BCUT2D eigenvalue weighted by Crippen LogP contribution is -2.41. The second-order valence-electron chi connectivity index (χ2n) is 4.39. The SMILES string of the molecule is CC(OC(=O)C=Cc1ccccn1)C(=O)N1CCNC1=O. The maximum atomic E-state index is 11.9. The van der Waals surface area contributed by atoms with Crippen molar-refractivity contribution < 1.29 is 19.1 Å². The first kappa shape index (κ1) is 14.7. The number of rotatable bonds is 4. The highest BCUT2D eigenvalue weighted by Crippen LogP contribution is 2.05. The van der Waals surface area contributed by atoms with Gasteiger partial charge in [0.2, 0.25) is 0 Å². The van der Waals surface area contributed by atoms with Crippen LogP contribution in [0.4, 0.5) is 4.79 Å². The molecule has 110 valence electrons. The summed E-state index contributed by atoms with van der Waals surface area (Å²) >= 11 is 0. The van der Waals surface area contributed by atoms with Crippen molar-refractivity contribution in [1.29, 1.82) is 0 Å². The first-order valence-electron chi connectivity index (χ1n) is 6.47. The van der Waals surface area contributed by atoms with Gasteiger partial charge >= 0.3 is 12.0 Å². The molecule has 1 aliphatic rings. The third kappa shape index (κ3) is 3.88. The summed E-state index contributed by atoms with van der Waals surface area (Å²) in [6.45, 7) is 2.12. The highest BCUT2D eigenvalue weighted by atomic mass is 16.5. The molecule has 7 nitrogen and oxygen atoms in total. The van der Waals surface area contributed by atoms with Gasteiger partial charge in [0.1, 0.15) is 0 Å². The minimum atomic E-state index is -1.02. The van der Waals surface area contributed by atoms with Gasteiger partial charge in [0.25, 0.3) is 5.91 Å². The number of carbonyl (C=O) groups is 3. The molecule has 0 aromatic carbocycles. The molecule has 0 saturated carbocycles. The van der Waals surface area contributed by atoms with E-state index in [1.807, 2.05) is 0 Å². The molecule has 1 saturated heterocycles. The van der Waals surface area contributed by atoms with Gasteiger partial charge in [-0.2, -0.15) is 0 Å². The monoisotopic (exact) mass is 289 g/mol. The van der Waals surface area contributed by atoms with E-state index in [9.17, 15) is 14.4 Å². The van der Waals surface area contributed by atoms with Crippen LogP contribution in [0.3, 0.4) is 0 Å².